The third kappa shape index (κ3) is 4.12. The quantitative estimate of drug-likeness (QED) is 0.591. The first-order valence-corrected chi connectivity index (χ1v) is 11.7. The molecule has 1 atom stereocenters. The third-order valence-electron chi connectivity index (χ3n) is 5.36. The second-order valence-corrected chi connectivity index (χ2v) is 10.0. The number of carbonyl (C=O) groups excluding carboxylic acids is 1. The Labute approximate surface area is 184 Å². The van der Waals surface area contributed by atoms with E-state index >= 15 is 0 Å². The van der Waals surface area contributed by atoms with Crippen molar-refractivity contribution in [2.45, 2.75) is 16.7 Å². The monoisotopic (exact) mass is 437 g/mol. The minimum atomic E-state index is 0.356. The number of hydrogen-bond donors (Lipinski definition) is 1. The number of likely N-dealkylation sites (tertiary alicyclic amines) is 1. The molecule has 0 saturated carbocycles. The number of Topliss-reactive ketones (excluding diaryl/α,β-unsaturated/α-hetero) is 1. The normalized spacial score (nSPS) is 19.6. The average molecular weight is 438 g/mol. The van der Waals surface area contributed by atoms with E-state index in [-0.39, 0.29) is 0 Å². The Hall–Kier alpha value is -2.29. The number of fused-ring (bicyclic) bond motifs is 1. The zero-order valence-electron chi connectivity index (χ0n) is 16.7. The molecule has 1 saturated heterocycles. The first-order valence-electron chi connectivity index (χ1n) is 10.1. The molecule has 8 heteroatoms. The first-order chi connectivity index (χ1) is 14.7. The van der Waals surface area contributed by atoms with E-state index in [0.29, 0.717) is 24.0 Å². The Morgan fingerprint density at radius 1 is 1.30 bits per heavy atom. The number of aromatic nitrogens is 2. The van der Waals surface area contributed by atoms with Gasteiger partial charge in [-0.1, -0.05) is 30.0 Å². The average Bonchev–Trinajstić information content (AvgIpc) is 3.48. The van der Waals surface area contributed by atoms with Gasteiger partial charge in [0.05, 0.1) is 30.0 Å². The van der Waals surface area contributed by atoms with E-state index in [1.54, 1.807) is 11.9 Å². The number of aromatic amines is 1. The number of carbonyl (C=O) groups is 1. The molecule has 2 aliphatic rings. The Bertz CT molecular complexity index is 1100. The molecule has 1 fully saturated rings. The van der Waals surface area contributed by atoms with Gasteiger partial charge in [-0.05, 0) is 24.3 Å². The maximum absolute atomic E-state index is 11.5. The SMILES string of the molecule is CN(Sc1ccccn1)c1cccc2cc(C3=NCC(CN4CCC(=O)C4)S3)[nH]c12. The molecule has 154 valence electrons. The van der Waals surface area contributed by atoms with Crippen molar-refractivity contribution in [3.63, 3.8) is 0 Å². The summed E-state index contributed by atoms with van der Waals surface area (Å²) in [4.78, 5) is 26.6. The molecule has 3 aromatic rings. The van der Waals surface area contributed by atoms with Crippen molar-refractivity contribution in [3.05, 3.63) is 54.4 Å². The molecule has 0 aliphatic carbocycles. The minimum Gasteiger partial charge on any atom is -0.351 e. The van der Waals surface area contributed by atoms with Gasteiger partial charge in [0.25, 0.3) is 0 Å². The second-order valence-electron chi connectivity index (χ2n) is 7.59. The fourth-order valence-electron chi connectivity index (χ4n) is 3.90. The summed E-state index contributed by atoms with van der Waals surface area (Å²) in [5.41, 5.74) is 3.29. The van der Waals surface area contributed by atoms with Gasteiger partial charge in [-0.25, -0.2) is 4.98 Å². The summed E-state index contributed by atoms with van der Waals surface area (Å²) >= 11 is 3.43. The summed E-state index contributed by atoms with van der Waals surface area (Å²) < 4.78 is 2.14. The van der Waals surface area contributed by atoms with E-state index < -0.39 is 0 Å². The zero-order chi connectivity index (χ0) is 20.5. The number of hydrogen-bond acceptors (Lipinski definition) is 7. The van der Waals surface area contributed by atoms with Gasteiger partial charge in [-0.15, -0.1) is 0 Å². The molecule has 1 N–H and O–H groups in total. The number of ketones is 1. The summed E-state index contributed by atoms with van der Waals surface area (Å²) in [5.74, 6) is 0.356. The number of H-pyrrole nitrogens is 1. The van der Waals surface area contributed by atoms with Gasteiger partial charge < -0.3 is 9.29 Å². The third-order valence-corrected chi connectivity index (χ3v) is 7.46. The molecule has 4 heterocycles. The van der Waals surface area contributed by atoms with Gasteiger partial charge >= 0.3 is 0 Å². The number of thioether (sulfide) groups is 1. The second kappa shape index (κ2) is 8.45. The van der Waals surface area contributed by atoms with Crippen LogP contribution in [0.5, 0.6) is 0 Å². The summed E-state index contributed by atoms with van der Waals surface area (Å²) in [7, 11) is 2.06. The number of anilines is 1. The van der Waals surface area contributed by atoms with Crippen LogP contribution in [0.1, 0.15) is 12.1 Å². The maximum Gasteiger partial charge on any atom is 0.148 e. The van der Waals surface area contributed by atoms with Crippen LogP contribution in [-0.2, 0) is 4.79 Å². The predicted molar refractivity (Wildman–Crippen MR) is 126 cm³/mol. The highest BCUT2D eigenvalue weighted by Gasteiger charge is 2.27. The van der Waals surface area contributed by atoms with Crippen LogP contribution in [0.4, 0.5) is 5.69 Å². The molecule has 1 unspecified atom stereocenters. The van der Waals surface area contributed by atoms with E-state index in [1.807, 2.05) is 36.2 Å². The number of benzene rings is 1. The van der Waals surface area contributed by atoms with Crippen LogP contribution >= 0.6 is 23.7 Å². The number of aliphatic imine (C=N–C) groups is 1. The van der Waals surface area contributed by atoms with Crippen molar-refractivity contribution in [1.82, 2.24) is 14.9 Å². The van der Waals surface area contributed by atoms with E-state index in [4.69, 9.17) is 4.99 Å². The Kier molecular flexibility index (Phi) is 5.54. The van der Waals surface area contributed by atoms with E-state index in [2.05, 4.69) is 50.5 Å². The van der Waals surface area contributed by atoms with E-state index in [1.165, 1.54) is 5.39 Å². The van der Waals surface area contributed by atoms with Crippen molar-refractivity contribution < 1.29 is 4.79 Å². The summed E-state index contributed by atoms with van der Waals surface area (Å²) in [6.07, 6.45) is 2.51. The smallest absolute Gasteiger partial charge is 0.148 e. The summed E-state index contributed by atoms with van der Waals surface area (Å²) in [6.45, 7) is 3.23. The van der Waals surface area contributed by atoms with Crippen LogP contribution in [0.2, 0.25) is 0 Å². The van der Waals surface area contributed by atoms with Gasteiger partial charge in [0.1, 0.15) is 15.9 Å². The number of nitrogens with zero attached hydrogens (tertiary/aromatic N) is 4. The molecule has 0 spiro atoms. The maximum atomic E-state index is 11.5. The number of rotatable bonds is 6. The zero-order valence-corrected chi connectivity index (χ0v) is 18.4. The molecule has 1 aromatic carbocycles. The van der Waals surface area contributed by atoms with E-state index in [9.17, 15) is 4.79 Å². The van der Waals surface area contributed by atoms with Crippen LogP contribution in [0.25, 0.3) is 10.9 Å². The molecular formula is C22H23N5OS2. The fourth-order valence-corrected chi connectivity index (χ4v) is 5.82. The van der Waals surface area contributed by atoms with Crippen LogP contribution in [0.3, 0.4) is 0 Å². The number of pyridine rings is 1. The van der Waals surface area contributed by atoms with Gasteiger partial charge in [-0.3, -0.25) is 14.7 Å². The highest BCUT2D eigenvalue weighted by Crippen LogP contribution is 2.34. The molecule has 0 radical (unpaired) electrons. The lowest BCUT2D eigenvalue weighted by molar-refractivity contribution is -0.116. The summed E-state index contributed by atoms with van der Waals surface area (Å²) in [5, 5.41) is 3.61. The van der Waals surface area contributed by atoms with Crippen LogP contribution in [0.15, 0.2) is 58.7 Å². The van der Waals surface area contributed by atoms with Crippen LogP contribution in [0, 0.1) is 0 Å². The topological polar surface area (TPSA) is 64.6 Å². The number of para-hydroxylation sites is 1. The van der Waals surface area contributed by atoms with Gasteiger partial charge in [0.2, 0.25) is 0 Å². The molecule has 0 bridgehead atoms. The van der Waals surface area contributed by atoms with Crippen molar-refractivity contribution in [2.75, 3.05) is 37.5 Å². The van der Waals surface area contributed by atoms with Crippen LogP contribution in [-0.4, -0.2) is 64.2 Å². The first kappa shape index (κ1) is 19.7. The highest BCUT2D eigenvalue weighted by atomic mass is 32.2. The van der Waals surface area contributed by atoms with E-state index in [0.717, 1.165) is 46.6 Å². The molecule has 2 aliphatic heterocycles. The lowest BCUT2D eigenvalue weighted by Gasteiger charge is -2.18. The highest BCUT2D eigenvalue weighted by molar-refractivity contribution is 8.15. The lowest BCUT2D eigenvalue weighted by atomic mass is 10.2. The fraction of sp³-hybridized carbons (Fsp3) is 0.318. The Morgan fingerprint density at radius 3 is 3.03 bits per heavy atom. The Balaban J connectivity index is 1.32. The van der Waals surface area contributed by atoms with Crippen molar-refractivity contribution in [1.29, 1.82) is 0 Å². The van der Waals surface area contributed by atoms with Crippen molar-refractivity contribution in [3.8, 4) is 0 Å². The van der Waals surface area contributed by atoms with Gasteiger partial charge in [0.15, 0.2) is 0 Å². The predicted octanol–water partition coefficient (Wildman–Crippen LogP) is 3.84. The number of nitrogens with one attached hydrogen (secondary N) is 1. The minimum absolute atomic E-state index is 0.356. The molecule has 0 amide bonds. The molecule has 5 rings (SSSR count). The van der Waals surface area contributed by atoms with Gasteiger partial charge in [0, 0.05) is 55.3 Å². The standard InChI is InChI=1S/C22H23N5OS2/c1-26(30-20-7-2-3-9-23-20)19-6-4-5-15-11-18(25-21(15)19)22-24-12-17(29-22)14-27-10-8-16(28)13-27/h2-7,9,11,17,25H,8,10,12-14H2,1H3. The van der Waals surface area contributed by atoms with Crippen molar-refractivity contribution in [2.24, 2.45) is 4.99 Å². The van der Waals surface area contributed by atoms with Crippen LogP contribution < -0.4 is 4.31 Å². The van der Waals surface area contributed by atoms with Gasteiger partial charge in [-0.2, -0.15) is 0 Å². The molecule has 2 aromatic heterocycles. The largest absolute Gasteiger partial charge is 0.351 e. The lowest BCUT2D eigenvalue weighted by Crippen LogP contribution is -2.29. The Morgan fingerprint density at radius 2 is 2.23 bits per heavy atom. The molecular weight excluding hydrogens is 414 g/mol. The summed E-state index contributed by atoms with van der Waals surface area (Å²) in [6, 6.07) is 14.5. The molecule has 6 nitrogen and oxygen atoms in total. The molecule has 30 heavy (non-hydrogen) atoms. The van der Waals surface area contributed by atoms with Crippen molar-refractivity contribution >= 4 is 51.1 Å².